The van der Waals surface area contributed by atoms with Gasteiger partial charge in [-0.15, -0.1) is 0 Å². The molecule has 2 nitrogen and oxygen atoms in total. The second-order valence-corrected chi connectivity index (χ2v) is 4.33. The van der Waals surface area contributed by atoms with Crippen molar-refractivity contribution in [2.24, 2.45) is 11.3 Å². The third-order valence-electron chi connectivity index (χ3n) is 3.01. The zero-order valence-electron chi connectivity index (χ0n) is 7.80. The van der Waals surface area contributed by atoms with E-state index >= 15 is 0 Å². The minimum atomic E-state index is 0.175. The molecule has 0 aromatic rings. The Kier molecular flexibility index (Phi) is 2.65. The summed E-state index contributed by atoms with van der Waals surface area (Å²) in [6, 6.07) is 0. The summed E-state index contributed by atoms with van der Waals surface area (Å²) in [5.74, 6) is 0.595. The molecule has 1 aliphatic carbocycles. The van der Waals surface area contributed by atoms with Gasteiger partial charge in [-0.25, -0.2) is 0 Å². The molecule has 0 N–H and O–H groups in total. The molecule has 0 aromatic carbocycles. The van der Waals surface area contributed by atoms with Crippen LogP contribution < -0.4 is 0 Å². The van der Waals surface area contributed by atoms with Crippen LogP contribution in [0.2, 0.25) is 0 Å². The molecule has 68 valence electrons. The van der Waals surface area contributed by atoms with Gasteiger partial charge >= 0.3 is 0 Å². The summed E-state index contributed by atoms with van der Waals surface area (Å²) in [6.45, 7) is 4.29. The highest BCUT2D eigenvalue weighted by Crippen LogP contribution is 2.40. The molecule has 0 aliphatic heterocycles. The van der Waals surface area contributed by atoms with E-state index in [2.05, 4.69) is 13.8 Å². The van der Waals surface area contributed by atoms with E-state index in [1.807, 2.05) is 0 Å². The van der Waals surface area contributed by atoms with Crippen molar-refractivity contribution >= 4 is 12.1 Å². The maximum absolute atomic E-state index is 11.1. The Morgan fingerprint density at radius 2 is 2.25 bits per heavy atom. The van der Waals surface area contributed by atoms with Gasteiger partial charge in [0.15, 0.2) is 0 Å². The summed E-state index contributed by atoms with van der Waals surface area (Å²) in [6.07, 6.45) is 3.71. The van der Waals surface area contributed by atoms with Gasteiger partial charge in [0.2, 0.25) is 0 Å². The monoisotopic (exact) mass is 168 g/mol. The van der Waals surface area contributed by atoms with Crippen molar-refractivity contribution in [2.75, 3.05) is 0 Å². The average molecular weight is 168 g/mol. The van der Waals surface area contributed by atoms with Gasteiger partial charge in [-0.3, -0.25) is 4.79 Å². The first-order valence-electron chi connectivity index (χ1n) is 4.51. The zero-order valence-corrected chi connectivity index (χ0v) is 7.80. The van der Waals surface area contributed by atoms with Crippen molar-refractivity contribution in [2.45, 2.75) is 39.5 Å². The van der Waals surface area contributed by atoms with Gasteiger partial charge in [0.25, 0.3) is 0 Å². The SMILES string of the molecule is CC1(C)CCC(=O)CC1CC=O. The number of aldehydes is 1. The van der Waals surface area contributed by atoms with Crippen LogP contribution >= 0.6 is 0 Å². The minimum Gasteiger partial charge on any atom is -0.303 e. The second kappa shape index (κ2) is 3.38. The molecule has 1 saturated carbocycles. The number of carbonyl (C=O) groups is 2. The molecule has 0 bridgehead atoms. The summed E-state index contributed by atoms with van der Waals surface area (Å²) in [7, 11) is 0. The van der Waals surface area contributed by atoms with Gasteiger partial charge in [-0.1, -0.05) is 13.8 Å². The highest BCUT2D eigenvalue weighted by atomic mass is 16.1. The average Bonchev–Trinajstić information content (AvgIpc) is 1.98. The Morgan fingerprint density at radius 3 is 2.83 bits per heavy atom. The highest BCUT2D eigenvalue weighted by molar-refractivity contribution is 5.80. The Morgan fingerprint density at radius 1 is 1.58 bits per heavy atom. The topological polar surface area (TPSA) is 34.1 Å². The van der Waals surface area contributed by atoms with Gasteiger partial charge in [0, 0.05) is 19.3 Å². The van der Waals surface area contributed by atoms with E-state index < -0.39 is 0 Å². The van der Waals surface area contributed by atoms with Crippen LogP contribution in [0.4, 0.5) is 0 Å². The van der Waals surface area contributed by atoms with Crippen LogP contribution in [0.1, 0.15) is 39.5 Å². The molecule has 0 aromatic heterocycles. The predicted octanol–water partition coefficient (Wildman–Crippen LogP) is 1.97. The van der Waals surface area contributed by atoms with Crippen LogP contribution in [0.5, 0.6) is 0 Å². The molecule has 0 radical (unpaired) electrons. The quantitative estimate of drug-likeness (QED) is 0.591. The lowest BCUT2D eigenvalue weighted by Gasteiger charge is -2.36. The van der Waals surface area contributed by atoms with E-state index in [0.29, 0.717) is 25.0 Å². The first-order valence-corrected chi connectivity index (χ1v) is 4.51. The zero-order chi connectivity index (χ0) is 9.19. The summed E-state index contributed by atoms with van der Waals surface area (Å²) in [5, 5.41) is 0. The molecular weight excluding hydrogens is 152 g/mol. The molecule has 0 saturated heterocycles. The maximum Gasteiger partial charge on any atom is 0.133 e. The Labute approximate surface area is 73.3 Å². The fourth-order valence-electron chi connectivity index (χ4n) is 1.84. The molecule has 1 atom stereocenters. The van der Waals surface area contributed by atoms with Crippen molar-refractivity contribution in [3.63, 3.8) is 0 Å². The van der Waals surface area contributed by atoms with Crippen molar-refractivity contribution < 1.29 is 9.59 Å². The molecule has 0 spiro atoms. The standard InChI is InChI=1S/C10H16O2/c1-10(2)5-3-9(12)7-8(10)4-6-11/h6,8H,3-5,7H2,1-2H3. The third kappa shape index (κ3) is 1.93. The molecule has 1 aliphatic rings. The summed E-state index contributed by atoms with van der Waals surface area (Å²) in [5.41, 5.74) is 0.175. The molecule has 2 heteroatoms. The fraction of sp³-hybridized carbons (Fsp3) is 0.800. The smallest absolute Gasteiger partial charge is 0.133 e. The lowest BCUT2D eigenvalue weighted by molar-refractivity contribution is -0.125. The molecular formula is C10H16O2. The molecule has 0 heterocycles. The van der Waals surface area contributed by atoms with Gasteiger partial charge in [-0.05, 0) is 17.8 Å². The largest absolute Gasteiger partial charge is 0.303 e. The van der Waals surface area contributed by atoms with E-state index in [0.717, 1.165) is 12.7 Å². The number of rotatable bonds is 2. The second-order valence-electron chi connectivity index (χ2n) is 4.33. The Balaban J connectivity index is 2.64. The maximum atomic E-state index is 11.1. The Hall–Kier alpha value is -0.660. The fourth-order valence-corrected chi connectivity index (χ4v) is 1.84. The first-order chi connectivity index (χ1) is 5.56. The summed E-state index contributed by atoms with van der Waals surface area (Å²) < 4.78 is 0. The van der Waals surface area contributed by atoms with Gasteiger partial charge in [0.05, 0.1) is 0 Å². The summed E-state index contributed by atoms with van der Waals surface area (Å²) >= 11 is 0. The van der Waals surface area contributed by atoms with E-state index in [4.69, 9.17) is 0 Å². The normalized spacial score (nSPS) is 28.5. The number of Topliss-reactive ketones (excluding diaryl/α,β-unsaturated/α-hetero) is 1. The van der Waals surface area contributed by atoms with Gasteiger partial charge in [-0.2, -0.15) is 0 Å². The van der Waals surface area contributed by atoms with E-state index in [1.54, 1.807) is 0 Å². The number of ketones is 1. The molecule has 12 heavy (non-hydrogen) atoms. The van der Waals surface area contributed by atoms with E-state index in [9.17, 15) is 9.59 Å². The van der Waals surface area contributed by atoms with Crippen LogP contribution in [-0.4, -0.2) is 12.1 Å². The summed E-state index contributed by atoms with van der Waals surface area (Å²) in [4.78, 5) is 21.5. The van der Waals surface area contributed by atoms with Crippen LogP contribution in [0.15, 0.2) is 0 Å². The van der Waals surface area contributed by atoms with Crippen molar-refractivity contribution in [1.82, 2.24) is 0 Å². The third-order valence-corrected chi connectivity index (χ3v) is 3.01. The van der Waals surface area contributed by atoms with Gasteiger partial charge < -0.3 is 4.79 Å². The molecule has 1 fully saturated rings. The number of hydrogen-bond acceptors (Lipinski definition) is 2. The minimum absolute atomic E-state index is 0.175. The van der Waals surface area contributed by atoms with Crippen LogP contribution in [-0.2, 0) is 9.59 Å². The van der Waals surface area contributed by atoms with Crippen LogP contribution in [0.3, 0.4) is 0 Å². The van der Waals surface area contributed by atoms with Crippen molar-refractivity contribution in [3.05, 3.63) is 0 Å². The highest BCUT2D eigenvalue weighted by Gasteiger charge is 2.34. The first kappa shape index (κ1) is 9.43. The van der Waals surface area contributed by atoms with Crippen molar-refractivity contribution in [3.8, 4) is 0 Å². The van der Waals surface area contributed by atoms with E-state index in [1.165, 1.54) is 0 Å². The van der Waals surface area contributed by atoms with Crippen LogP contribution in [0, 0.1) is 11.3 Å². The van der Waals surface area contributed by atoms with Crippen LogP contribution in [0.25, 0.3) is 0 Å². The Bertz CT molecular complexity index is 194. The molecule has 1 unspecified atom stereocenters. The van der Waals surface area contributed by atoms with E-state index in [-0.39, 0.29) is 11.3 Å². The molecule has 0 amide bonds. The lowest BCUT2D eigenvalue weighted by atomic mass is 9.67. The lowest BCUT2D eigenvalue weighted by Crippen LogP contribution is -2.32. The predicted molar refractivity (Wildman–Crippen MR) is 46.8 cm³/mol. The van der Waals surface area contributed by atoms with Gasteiger partial charge in [0.1, 0.15) is 12.1 Å². The van der Waals surface area contributed by atoms with Crippen molar-refractivity contribution in [1.29, 1.82) is 0 Å². The molecule has 1 rings (SSSR count). The number of hydrogen-bond donors (Lipinski definition) is 0. The number of carbonyl (C=O) groups excluding carboxylic acids is 2.